The molecule has 0 radical (unpaired) electrons. The lowest BCUT2D eigenvalue weighted by atomic mass is 10.2. The summed E-state index contributed by atoms with van der Waals surface area (Å²) >= 11 is 0. The molecule has 1 aromatic rings. The first kappa shape index (κ1) is 16.2. The van der Waals surface area contributed by atoms with Crippen molar-refractivity contribution in [3.8, 4) is 0 Å². The summed E-state index contributed by atoms with van der Waals surface area (Å²) in [5, 5.41) is 5.26. The van der Waals surface area contributed by atoms with Crippen LogP contribution in [-0.4, -0.2) is 25.3 Å². The van der Waals surface area contributed by atoms with Crippen molar-refractivity contribution in [3.05, 3.63) is 41.8 Å². The van der Waals surface area contributed by atoms with Crippen molar-refractivity contribution in [2.45, 2.75) is 26.4 Å². The predicted octanol–water partition coefficient (Wildman–Crippen LogP) is 2.91. The SMILES string of the molecule is CC(C)OCCCNC(=O)N/C=C/c1cccc(F)c1. The Morgan fingerprint density at radius 1 is 1.45 bits per heavy atom. The minimum Gasteiger partial charge on any atom is -0.379 e. The van der Waals surface area contributed by atoms with Crippen LogP contribution < -0.4 is 10.6 Å². The maximum atomic E-state index is 12.9. The second kappa shape index (κ2) is 9.09. The summed E-state index contributed by atoms with van der Waals surface area (Å²) in [7, 11) is 0. The molecule has 1 aromatic carbocycles. The fraction of sp³-hybridized carbons (Fsp3) is 0.400. The molecule has 0 aromatic heterocycles. The van der Waals surface area contributed by atoms with Crippen molar-refractivity contribution >= 4 is 12.1 Å². The molecule has 4 nitrogen and oxygen atoms in total. The molecular weight excluding hydrogens is 259 g/mol. The molecule has 0 aliphatic rings. The third-order valence-corrected chi connectivity index (χ3v) is 2.40. The van der Waals surface area contributed by atoms with E-state index in [0.717, 1.165) is 6.42 Å². The summed E-state index contributed by atoms with van der Waals surface area (Å²) < 4.78 is 18.3. The van der Waals surface area contributed by atoms with Crippen molar-refractivity contribution in [1.29, 1.82) is 0 Å². The van der Waals surface area contributed by atoms with Crippen molar-refractivity contribution in [1.82, 2.24) is 10.6 Å². The van der Waals surface area contributed by atoms with Crippen molar-refractivity contribution in [2.75, 3.05) is 13.2 Å². The maximum Gasteiger partial charge on any atom is 0.318 e. The molecule has 0 heterocycles. The third kappa shape index (κ3) is 7.53. The monoisotopic (exact) mass is 280 g/mol. The third-order valence-electron chi connectivity index (χ3n) is 2.40. The van der Waals surface area contributed by atoms with Gasteiger partial charge in [-0.3, -0.25) is 0 Å². The van der Waals surface area contributed by atoms with Crippen LogP contribution in [0.4, 0.5) is 9.18 Å². The van der Waals surface area contributed by atoms with Gasteiger partial charge in [-0.2, -0.15) is 0 Å². The van der Waals surface area contributed by atoms with E-state index in [1.165, 1.54) is 18.3 Å². The molecule has 0 saturated heterocycles. The van der Waals surface area contributed by atoms with Crippen LogP contribution in [0.1, 0.15) is 25.8 Å². The van der Waals surface area contributed by atoms with Gasteiger partial charge in [0.1, 0.15) is 5.82 Å². The molecule has 0 unspecified atom stereocenters. The predicted molar refractivity (Wildman–Crippen MR) is 77.7 cm³/mol. The lowest BCUT2D eigenvalue weighted by molar-refractivity contribution is 0.0774. The first-order valence-corrected chi connectivity index (χ1v) is 6.66. The molecule has 0 fully saturated rings. The number of hydrogen-bond acceptors (Lipinski definition) is 2. The van der Waals surface area contributed by atoms with Gasteiger partial charge >= 0.3 is 6.03 Å². The van der Waals surface area contributed by atoms with E-state index in [1.54, 1.807) is 18.2 Å². The first-order valence-electron chi connectivity index (χ1n) is 6.66. The van der Waals surface area contributed by atoms with Crippen LogP contribution >= 0.6 is 0 Å². The number of hydrogen-bond donors (Lipinski definition) is 2. The van der Waals surface area contributed by atoms with Gasteiger partial charge in [0.05, 0.1) is 6.10 Å². The zero-order chi connectivity index (χ0) is 14.8. The highest BCUT2D eigenvalue weighted by Gasteiger charge is 1.97. The van der Waals surface area contributed by atoms with Gasteiger partial charge in [-0.15, -0.1) is 0 Å². The number of nitrogens with one attached hydrogen (secondary N) is 2. The molecule has 0 aliphatic carbocycles. The molecule has 5 heteroatoms. The van der Waals surface area contributed by atoms with E-state index in [9.17, 15) is 9.18 Å². The molecule has 0 atom stereocenters. The average Bonchev–Trinajstić information content (AvgIpc) is 2.38. The number of benzene rings is 1. The Bertz CT molecular complexity index is 447. The van der Waals surface area contributed by atoms with Crippen LogP contribution in [0.2, 0.25) is 0 Å². The molecular formula is C15H21FN2O2. The van der Waals surface area contributed by atoms with Gasteiger partial charge < -0.3 is 15.4 Å². The van der Waals surface area contributed by atoms with E-state index >= 15 is 0 Å². The summed E-state index contributed by atoms with van der Waals surface area (Å²) in [4.78, 5) is 11.4. The van der Waals surface area contributed by atoms with Crippen molar-refractivity contribution in [3.63, 3.8) is 0 Å². The average molecular weight is 280 g/mol. The topological polar surface area (TPSA) is 50.4 Å². The van der Waals surface area contributed by atoms with Gasteiger partial charge in [-0.25, -0.2) is 9.18 Å². The lowest BCUT2D eigenvalue weighted by Gasteiger charge is -2.07. The Morgan fingerprint density at radius 3 is 2.95 bits per heavy atom. The Labute approximate surface area is 119 Å². The summed E-state index contributed by atoms with van der Waals surface area (Å²) in [5.41, 5.74) is 0.690. The Hall–Kier alpha value is -1.88. The molecule has 0 spiro atoms. The van der Waals surface area contributed by atoms with Crippen LogP contribution in [0.25, 0.3) is 6.08 Å². The van der Waals surface area contributed by atoms with Crippen LogP contribution in [-0.2, 0) is 4.74 Å². The van der Waals surface area contributed by atoms with E-state index < -0.39 is 0 Å². The first-order chi connectivity index (χ1) is 9.58. The number of ether oxygens (including phenoxy) is 1. The van der Waals surface area contributed by atoms with Gasteiger partial charge in [-0.1, -0.05) is 12.1 Å². The Kier molecular flexibility index (Phi) is 7.35. The second-order valence-electron chi connectivity index (χ2n) is 4.56. The summed E-state index contributed by atoms with van der Waals surface area (Å²) in [6.07, 6.45) is 4.08. The molecule has 2 amide bonds. The minimum absolute atomic E-state index is 0.207. The van der Waals surface area contributed by atoms with Crippen molar-refractivity contribution in [2.24, 2.45) is 0 Å². The fourth-order valence-corrected chi connectivity index (χ4v) is 1.47. The summed E-state index contributed by atoms with van der Waals surface area (Å²) in [5.74, 6) is -0.304. The lowest BCUT2D eigenvalue weighted by Crippen LogP contribution is -2.33. The van der Waals surface area contributed by atoms with Gasteiger partial charge in [0.25, 0.3) is 0 Å². The standard InChI is InChI=1S/C15H21FN2O2/c1-12(2)20-10-4-8-17-15(19)18-9-7-13-5-3-6-14(16)11-13/h3,5-7,9,11-12H,4,8,10H2,1-2H3,(H2,17,18,19)/b9-7+. The quantitative estimate of drug-likeness (QED) is 0.754. The van der Waals surface area contributed by atoms with Gasteiger partial charge in [0, 0.05) is 19.4 Å². The molecule has 0 aliphatic heterocycles. The van der Waals surface area contributed by atoms with Gasteiger partial charge in [-0.05, 0) is 44.0 Å². The van der Waals surface area contributed by atoms with E-state index in [-0.39, 0.29) is 18.0 Å². The molecule has 1 rings (SSSR count). The van der Waals surface area contributed by atoms with E-state index in [0.29, 0.717) is 18.7 Å². The highest BCUT2D eigenvalue weighted by molar-refractivity contribution is 5.75. The number of halogens is 1. The normalized spacial score (nSPS) is 11.0. The second-order valence-corrected chi connectivity index (χ2v) is 4.56. The smallest absolute Gasteiger partial charge is 0.318 e. The number of amides is 2. The molecule has 0 bridgehead atoms. The van der Waals surface area contributed by atoms with Gasteiger partial charge in [0.15, 0.2) is 0 Å². The van der Waals surface area contributed by atoms with E-state index in [4.69, 9.17) is 4.74 Å². The molecule has 0 saturated carbocycles. The summed E-state index contributed by atoms with van der Waals surface area (Å²) in [6, 6.07) is 5.84. The highest BCUT2D eigenvalue weighted by Crippen LogP contribution is 2.04. The number of urea groups is 1. The van der Waals surface area contributed by atoms with E-state index in [2.05, 4.69) is 10.6 Å². The van der Waals surface area contributed by atoms with Crippen LogP contribution in [0.15, 0.2) is 30.5 Å². The Balaban J connectivity index is 2.16. The number of carbonyl (C=O) groups is 1. The zero-order valence-electron chi connectivity index (χ0n) is 11.9. The molecule has 2 N–H and O–H groups in total. The van der Waals surface area contributed by atoms with Crippen LogP contribution in [0.5, 0.6) is 0 Å². The minimum atomic E-state index is -0.304. The van der Waals surface area contributed by atoms with Crippen molar-refractivity contribution < 1.29 is 13.9 Å². The molecule has 20 heavy (non-hydrogen) atoms. The zero-order valence-corrected chi connectivity index (χ0v) is 11.9. The summed E-state index contributed by atoms with van der Waals surface area (Å²) in [6.45, 7) is 5.11. The number of rotatable bonds is 7. The van der Waals surface area contributed by atoms with Crippen LogP contribution in [0.3, 0.4) is 0 Å². The number of carbonyl (C=O) groups excluding carboxylic acids is 1. The van der Waals surface area contributed by atoms with Crippen LogP contribution in [0, 0.1) is 5.82 Å². The molecule has 110 valence electrons. The van der Waals surface area contributed by atoms with E-state index in [1.807, 2.05) is 13.8 Å². The largest absolute Gasteiger partial charge is 0.379 e. The Morgan fingerprint density at radius 2 is 2.25 bits per heavy atom. The highest BCUT2D eigenvalue weighted by atomic mass is 19.1. The van der Waals surface area contributed by atoms with Gasteiger partial charge in [0.2, 0.25) is 0 Å². The fourth-order valence-electron chi connectivity index (χ4n) is 1.47. The maximum absolute atomic E-state index is 12.9.